The van der Waals surface area contributed by atoms with E-state index in [-0.39, 0.29) is 6.61 Å². The molecule has 88 valence electrons. The summed E-state index contributed by atoms with van der Waals surface area (Å²) in [5.41, 5.74) is 0.318. The van der Waals surface area contributed by atoms with Gasteiger partial charge in [-0.2, -0.15) is 0 Å². The number of benzene rings is 1. The van der Waals surface area contributed by atoms with Crippen LogP contribution < -0.4 is 4.74 Å². The molecule has 0 fully saturated rings. The second-order valence-electron chi connectivity index (χ2n) is 3.34. The van der Waals surface area contributed by atoms with E-state index in [0.29, 0.717) is 11.3 Å². The fourth-order valence-electron chi connectivity index (χ4n) is 1.27. The maximum atomic E-state index is 13.3. The Morgan fingerprint density at radius 3 is 2.71 bits per heavy atom. The first kappa shape index (κ1) is 12.2. The molecular weight excluding hydrogens is 339 g/mol. The molecule has 0 saturated heterocycles. The smallest absolute Gasteiger partial charge is 0.132 e. The van der Waals surface area contributed by atoms with Crippen molar-refractivity contribution in [2.75, 3.05) is 0 Å². The summed E-state index contributed by atoms with van der Waals surface area (Å²) in [6, 6.07) is 6.84. The molecule has 1 aromatic carbocycles. The summed E-state index contributed by atoms with van der Waals surface area (Å²) in [5, 5.41) is 0. The van der Waals surface area contributed by atoms with Gasteiger partial charge in [-0.25, -0.2) is 8.78 Å². The van der Waals surface area contributed by atoms with Crippen molar-refractivity contribution < 1.29 is 13.5 Å². The van der Waals surface area contributed by atoms with Gasteiger partial charge in [0.25, 0.3) is 0 Å². The molecular formula is C12H8F2INO. The van der Waals surface area contributed by atoms with Gasteiger partial charge < -0.3 is 4.74 Å². The van der Waals surface area contributed by atoms with Crippen molar-refractivity contribution in [2.45, 2.75) is 6.61 Å². The van der Waals surface area contributed by atoms with Crippen molar-refractivity contribution in [1.82, 2.24) is 4.98 Å². The van der Waals surface area contributed by atoms with Crippen LogP contribution in [0.25, 0.3) is 0 Å². The van der Waals surface area contributed by atoms with Crippen molar-refractivity contribution in [3.63, 3.8) is 0 Å². The average Bonchev–Trinajstić information content (AvgIpc) is 2.28. The van der Waals surface area contributed by atoms with E-state index in [1.165, 1.54) is 12.1 Å². The average molecular weight is 347 g/mol. The van der Waals surface area contributed by atoms with Crippen LogP contribution in [0.4, 0.5) is 8.78 Å². The van der Waals surface area contributed by atoms with E-state index in [0.717, 1.165) is 9.77 Å². The predicted octanol–water partition coefficient (Wildman–Crippen LogP) is 3.54. The fourth-order valence-corrected chi connectivity index (χ4v) is 1.74. The Labute approximate surface area is 111 Å². The lowest BCUT2D eigenvalue weighted by Crippen LogP contribution is -1.99. The van der Waals surface area contributed by atoms with Crippen molar-refractivity contribution in [2.24, 2.45) is 0 Å². The van der Waals surface area contributed by atoms with Crippen LogP contribution in [0.3, 0.4) is 0 Å². The first-order valence-corrected chi connectivity index (χ1v) is 5.91. The van der Waals surface area contributed by atoms with Crippen LogP contribution >= 0.6 is 22.6 Å². The molecule has 2 aromatic rings. The number of nitrogens with zero attached hydrogens (tertiary/aromatic N) is 1. The molecule has 2 rings (SSSR count). The molecule has 1 aromatic heterocycles. The van der Waals surface area contributed by atoms with Gasteiger partial charge in [0, 0.05) is 23.9 Å². The third-order valence-electron chi connectivity index (χ3n) is 2.11. The molecule has 0 saturated carbocycles. The third-order valence-corrected chi connectivity index (χ3v) is 2.70. The van der Waals surface area contributed by atoms with E-state index in [9.17, 15) is 8.78 Å². The van der Waals surface area contributed by atoms with Gasteiger partial charge in [0.15, 0.2) is 0 Å². The summed E-state index contributed by atoms with van der Waals surface area (Å²) >= 11 is 2.06. The van der Waals surface area contributed by atoms with E-state index in [1.54, 1.807) is 18.3 Å². The predicted molar refractivity (Wildman–Crippen MR) is 67.6 cm³/mol. The number of pyridine rings is 1. The second-order valence-corrected chi connectivity index (χ2v) is 4.44. The monoisotopic (exact) mass is 347 g/mol. The first-order valence-electron chi connectivity index (χ1n) is 4.83. The molecule has 0 unspecified atom stereocenters. The second kappa shape index (κ2) is 5.39. The molecule has 5 heteroatoms. The molecule has 0 N–H and O–H groups in total. The van der Waals surface area contributed by atoms with Crippen molar-refractivity contribution in [1.29, 1.82) is 0 Å². The molecule has 17 heavy (non-hydrogen) atoms. The molecule has 2 nitrogen and oxygen atoms in total. The van der Waals surface area contributed by atoms with Gasteiger partial charge in [0.05, 0.1) is 0 Å². The van der Waals surface area contributed by atoms with Gasteiger partial charge >= 0.3 is 0 Å². The Bertz CT molecular complexity index is 534. The number of rotatable bonds is 3. The Morgan fingerprint density at radius 2 is 2.00 bits per heavy atom. The molecule has 0 aliphatic heterocycles. The van der Waals surface area contributed by atoms with Crippen LogP contribution in [0.1, 0.15) is 5.56 Å². The Balaban J connectivity index is 2.07. The Morgan fingerprint density at radius 1 is 1.18 bits per heavy atom. The lowest BCUT2D eigenvalue weighted by molar-refractivity contribution is 0.299. The first-order chi connectivity index (χ1) is 8.15. The minimum atomic E-state index is -0.603. The summed E-state index contributed by atoms with van der Waals surface area (Å²) in [4.78, 5) is 4.01. The standard InChI is InChI=1S/C12H8F2INO/c13-9-2-1-8(11(14)5-9)7-17-10-3-4-16-12(15)6-10/h1-6H,7H2. The molecule has 0 bridgehead atoms. The molecule has 0 radical (unpaired) electrons. The molecule has 0 aliphatic rings. The summed E-state index contributed by atoms with van der Waals surface area (Å²) < 4.78 is 32.1. The zero-order valence-electron chi connectivity index (χ0n) is 8.66. The van der Waals surface area contributed by atoms with Crippen LogP contribution in [0.15, 0.2) is 36.5 Å². The van der Waals surface area contributed by atoms with Gasteiger partial charge in [0.2, 0.25) is 0 Å². The quantitative estimate of drug-likeness (QED) is 0.626. The topological polar surface area (TPSA) is 22.1 Å². The van der Waals surface area contributed by atoms with E-state index >= 15 is 0 Å². The van der Waals surface area contributed by atoms with Crippen LogP contribution in [0, 0.1) is 15.3 Å². The van der Waals surface area contributed by atoms with Gasteiger partial charge in [0.1, 0.15) is 27.7 Å². The van der Waals surface area contributed by atoms with Crippen LogP contribution in [-0.4, -0.2) is 4.98 Å². The van der Waals surface area contributed by atoms with Gasteiger partial charge in [-0.05, 0) is 40.8 Å². The number of hydrogen-bond donors (Lipinski definition) is 0. The largest absolute Gasteiger partial charge is 0.489 e. The number of hydrogen-bond acceptors (Lipinski definition) is 2. The van der Waals surface area contributed by atoms with Gasteiger partial charge in [-0.15, -0.1) is 0 Å². The van der Waals surface area contributed by atoms with E-state index in [2.05, 4.69) is 27.6 Å². The Hall–Kier alpha value is -1.24. The summed E-state index contributed by atoms with van der Waals surface area (Å²) in [6.07, 6.45) is 1.61. The van der Waals surface area contributed by atoms with Crippen molar-refractivity contribution in [3.05, 3.63) is 57.4 Å². The highest BCUT2D eigenvalue weighted by molar-refractivity contribution is 14.1. The lowest BCUT2D eigenvalue weighted by atomic mass is 10.2. The maximum absolute atomic E-state index is 13.3. The van der Waals surface area contributed by atoms with Gasteiger partial charge in [-0.3, -0.25) is 4.98 Å². The van der Waals surface area contributed by atoms with E-state index < -0.39 is 11.6 Å². The number of ether oxygens (including phenoxy) is 1. The third kappa shape index (κ3) is 3.36. The number of aromatic nitrogens is 1. The van der Waals surface area contributed by atoms with E-state index in [1.807, 2.05) is 0 Å². The van der Waals surface area contributed by atoms with Crippen molar-refractivity contribution >= 4 is 22.6 Å². The normalized spacial score (nSPS) is 10.3. The van der Waals surface area contributed by atoms with Crippen LogP contribution in [0.5, 0.6) is 5.75 Å². The van der Waals surface area contributed by atoms with E-state index in [4.69, 9.17) is 4.74 Å². The van der Waals surface area contributed by atoms with Crippen molar-refractivity contribution in [3.8, 4) is 5.75 Å². The number of halogens is 3. The maximum Gasteiger partial charge on any atom is 0.132 e. The fraction of sp³-hybridized carbons (Fsp3) is 0.0833. The molecule has 1 heterocycles. The molecule has 0 amide bonds. The zero-order valence-corrected chi connectivity index (χ0v) is 10.8. The summed E-state index contributed by atoms with van der Waals surface area (Å²) in [7, 11) is 0. The summed E-state index contributed by atoms with van der Waals surface area (Å²) in [5.74, 6) is -0.591. The lowest BCUT2D eigenvalue weighted by Gasteiger charge is -2.07. The SMILES string of the molecule is Fc1ccc(COc2ccnc(I)c2)c(F)c1. The molecule has 0 spiro atoms. The summed E-state index contributed by atoms with van der Waals surface area (Å²) in [6.45, 7) is 0.0617. The molecule has 0 atom stereocenters. The van der Waals surface area contributed by atoms with Crippen LogP contribution in [-0.2, 0) is 6.61 Å². The highest BCUT2D eigenvalue weighted by Gasteiger charge is 2.04. The molecule has 0 aliphatic carbocycles. The Kier molecular flexibility index (Phi) is 3.88. The highest BCUT2D eigenvalue weighted by atomic mass is 127. The minimum Gasteiger partial charge on any atom is -0.489 e. The van der Waals surface area contributed by atoms with Gasteiger partial charge in [-0.1, -0.05) is 0 Å². The zero-order chi connectivity index (χ0) is 12.3. The highest BCUT2D eigenvalue weighted by Crippen LogP contribution is 2.16. The minimum absolute atomic E-state index is 0.0617. The van der Waals surface area contributed by atoms with Crippen LogP contribution in [0.2, 0.25) is 0 Å².